The molecule has 1 fully saturated rings. The Morgan fingerprint density at radius 1 is 1.42 bits per heavy atom. The molecule has 1 amide bonds. The normalized spacial score (nSPS) is 18.2. The van der Waals surface area contributed by atoms with Gasteiger partial charge in [0, 0.05) is 17.8 Å². The zero-order valence-corrected chi connectivity index (χ0v) is 11.1. The van der Waals surface area contributed by atoms with Crippen molar-refractivity contribution in [2.24, 2.45) is 0 Å². The van der Waals surface area contributed by atoms with Crippen molar-refractivity contribution in [3.05, 3.63) is 34.4 Å². The lowest BCUT2D eigenvalue weighted by Gasteiger charge is -2.22. The standard InChI is InChI=1S/C12H15N3O3.ClH/c16-12(11-6-1-2-7-13-11)14-9-4-3-5-10(8-9)15(17)18;/h3-5,8,11,13H,1-2,6-7H2,(H,14,16);1H. The van der Waals surface area contributed by atoms with Crippen molar-refractivity contribution in [2.75, 3.05) is 11.9 Å². The van der Waals surface area contributed by atoms with E-state index in [4.69, 9.17) is 0 Å². The van der Waals surface area contributed by atoms with Crippen LogP contribution < -0.4 is 10.6 Å². The minimum absolute atomic E-state index is 0. The number of carbonyl (C=O) groups is 1. The third-order valence-corrected chi connectivity index (χ3v) is 2.95. The molecule has 0 aliphatic carbocycles. The van der Waals surface area contributed by atoms with Crippen LogP contribution in [0.4, 0.5) is 11.4 Å². The molecule has 19 heavy (non-hydrogen) atoms. The van der Waals surface area contributed by atoms with Crippen molar-refractivity contribution in [1.82, 2.24) is 5.32 Å². The Morgan fingerprint density at radius 3 is 2.84 bits per heavy atom. The summed E-state index contributed by atoms with van der Waals surface area (Å²) in [6.45, 7) is 0.840. The monoisotopic (exact) mass is 285 g/mol. The number of benzene rings is 1. The van der Waals surface area contributed by atoms with Gasteiger partial charge < -0.3 is 10.6 Å². The fraction of sp³-hybridized carbons (Fsp3) is 0.417. The lowest BCUT2D eigenvalue weighted by Crippen LogP contribution is -2.43. The van der Waals surface area contributed by atoms with Gasteiger partial charge in [-0.15, -0.1) is 12.4 Å². The molecule has 104 valence electrons. The minimum atomic E-state index is -0.478. The Bertz CT molecular complexity index is 461. The van der Waals surface area contributed by atoms with Crippen LogP contribution in [0.2, 0.25) is 0 Å². The second-order valence-corrected chi connectivity index (χ2v) is 4.30. The molecular weight excluding hydrogens is 270 g/mol. The van der Waals surface area contributed by atoms with E-state index >= 15 is 0 Å². The van der Waals surface area contributed by atoms with E-state index in [2.05, 4.69) is 10.6 Å². The number of piperidine rings is 1. The van der Waals surface area contributed by atoms with Gasteiger partial charge in [-0.2, -0.15) is 0 Å². The highest BCUT2D eigenvalue weighted by Gasteiger charge is 2.20. The van der Waals surface area contributed by atoms with Crippen molar-refractivity contribution in [1.29, 1.82) is 0 Å². The van der Waals surface area contributed by atoms with Gasteiger partial charge in [0.15, 0.2) is 0 Å². The number of rotatable bonds is 3. The summed E-state index contributed by atoms with van der Waals surface area (Å²) in [6, 6.07) is 5.77. The van der Waals surface area contributed by atoms with Crippen molar-refractivity contribution in [3.63, 3.8) is 0 Å². The van der Waals surface area contributed by atoms with Crippen LogP contribution in [0, 0.1) is 10.1 Å². The quantitative estimate of drug-likeness (QED) is 0.658. The predicted octanol–water partition coefficient (Wildman–Crippen LogP) is 2.10. The van der Waals surface area contributed by atoms with Gasteiger partial charge in [-0.3, -0.25) is 14.9 Å². The second-order valence-electron chi connectivity index (χ2n) is 4.30. The number of nitro groups is 1. The van der Waals surface area contributed by atoms with Gasteiger partial charge in [0.1, 0.15) is 0 Å². The van der Waals surface area contributed by atoms with Gasteiger partial charge in [0.05, 0.1) is 11.0 Å². The molecule has 6 nitrogen and oxygen atoms in total. The van der Waals surface area contributed by atoms with E-state index in [9.17, 15) is 14.9 Å². The third kappa shape index (κ3) is 4.18. The van der Waals surface area contributed by atoms with Gasteiger partial charge >= 0.3 is 0 Å². The molecule has 2 N–H and O–H groups in total. The summed E-state index contributed by atoms with van der Waals surface area (Å²) < 4.78 is 0. The highest BCUT2D eigenvalue weighted by atomic mass is 35.5. The van der Waals surface area contributed by atoms with Crippen LogP contribution in [0.3, 0.4) is 0 Å². The van der Waals surface area contributed by atoms with Crippen LogP contribution in [0.15, 0.2) is 24.3 Å². The molecule has 7 heteroatoms. The number of halogens is 1. The summed E-state index contributed by atoms with van der Waals surface area (Å²) in [6.07, 6.45) is 2.92. The Hall–Kier alpha value is -1.66. The van der Waals surface area contributed by atoms with E-state index in [0.717, 1.165) is 25.8 Å². The second kappa shape index (κ2) is 7.06. The molecule has 2 rings (SSSR count). The maximum atomic E-state index is 11.9. The maximum Gasteiger partial charge on any atom is 0.271 e. The van der Waals surface area contributed by atoms with Crippen molar-refractivity contribution in [3.8, 4) is 0 Å². The molecule has 1 aliphatic rings. The first-order chi connectivity index (χ1) is 8.66. The Kier molecular flexibility index (Phi) is 5.72. The maximum absolute atomic E-state index is 11.9. The molecule has 1 aromatic carbocycles. The van der Waals surface area contributed by atoms with E-state index in [-0.39, 0.29) is 30.0 Å². The van der Waals surface area contributed by atoms with Crippen LogP contribution >= 0.6 is 12.4 Å². The van der Waals surface area contributed by atoms with Gasteiger partial charge in [-0.1, -0.05) is 12.5 Å². The number of non-ortho nitro benzene ring substituents is 1. The summed E-state index contributed by atoms with van der Waals surface area (Å²) in [5, 5.41) is 16.5. The van der Waals surface area contributed by atoms with Crippen LogP contribution in [0.25, 0.3) is 0 Å². The Morgan fingerprint density at radius 2 is 2.21 bits per heavy atom. The average molecular weight is 286 g/mol. The molecule has 1 saturated heterocycles. The first kappa shape index (κ1) is 15.4. The first-order valence-corrected chi connectivity index (χ1v) is 5.95. The largest absolute Gasteiger partial charge is 0.324 e. The highest BCUT2D eigenvalue weighted by molar-refractivity contribution is 5.95. The van der Waals surface area contributed by atoms with Gasteiger partial charge in [0.2, 0.25) is 5.91 Å². The lowest BCUT2D eigenvalue weighted by molar-refractivity contribution is -0.384. The van der Waals surface area contributed by atoms with Crippen LogP contribution in [0.1, 0.15) is 19.3 Å². The van der Waals surface area contributed by atoms with Crippen molar-refractivity contribution in [2.45, 2.75) is 25.3 Å². The Labute approximate surface area is 117 Å². The molecule has 1 heterocycles. The molecule has 1 atom stereocenters. The Balaban J connectivity index is 0.00000180. The van der Waals surface area contributed by atoms with Gasteiger partial charge in [-0.25, -0.2) is 0 Å². The highest BCUT2D eigenvalue weighted by Crippen LogP contribution is 2.18. The SMILES string of the molecule is Cl.O=C(Nc1cccc([N+](=O)[O-])c1)C1CCCCN1. The van der Waals surface area contributed by atoms with Crippen LogP contribution in [-0.4, -0.2) is 23.4 Å². The number of hydrogen-bond donors (Lipinski definition) is 2. The fourth-order valence-corrected chi connectivity index (χ4v) is 2.00. The first-order valence-electron chi connectivity index (χ1n) is 5.95. The molecular formula is C12H16ClN3O3. The number of hydrogen-bond acceptors (Lipinski definition) is 4. The fourth-order valence-electron chi connectivity index (χ4n) is 2.00. The van der Waals surface area contributed by atoms with Gasteiger partial charge in [0.25, 0.3) is 5.69 Å². The molecule has 0 bridgehead atoms. The number of nitrogens with zero attached hydrogens (tertiary/aromatic N) is 1. The zero-order chi connectivity index (χ0) is 13.0. The minimum Gasteiger partial charge on any atom is -0.324 e. The van der Waals surface area contributed by atoms with Crippen LogP contribution in [0.5, 0.6) is 0 Å². The topological polar surface area (TPSA) is 84.3 Å². The predicted molar refractivity (Wildman–Crippen MR) is 74.6 cm³/mol. The molecule has 0 spiro atoms. The summed E-state index contributed by atoms with van der Waals surface area (Å²) in [5.74, 6) is -0.129. The summed E-state index contributed by atoms with van der Waals surface area (Å²) in [7, 11) is 0. The third-order valence-electron chi connectivity index (χ3n) is 2.95. The molecule has 1 aromatic rings. The summed E-state index contributed by atoms with van der Waals surface area (Å²) in [5.41, 5.74) is 0.436. The molecule has 0 saturated carbocycles. The lowest BCUT2D eigenvalue weighted by atomic mass is 10.0. The summed E-state index contributed by atoms with van der Waals surface area (Å²) in [4.78, 5) is 22.0. The van der Waals surface area contributed by atoms with E-state index in [1.807, 2.05) is 0 Å². The zero-order valence-electron chi connectivity index (χ0n) is 10.3. The number of nitrogens with one attached hydrogen (secondary N) is 2. The van der Waals surface area contributed by atoms with E-state index in [0.29, 0.717) is 5.69 Å². The number of nitro benzene ring substituents is 1. The molecule has 0 radical (unpaired) electrons. The molecule has 1 unspecified atom stereocenters. The smallest absolute Gasteiger partial charge is 0.271 e. The molecule has 1 aliphatic heterocycles. The summed E-state index contributed by atoms with van der Waals surface area (Å²) >= 11 is 0. The number of carbonyl (C=O) groups excluding carboxylic acids is 1. The van der Waals surface area contributed by atoms with Gasteiger partial charge in [-0.05, 0) is 25.5 Å². The van der Waals surface area contributed by atoms with Crippen LogP contribution in [-0.2, 0) is 4.79 Å². The van der Waals surface area contributed by atoms with E-state index in [1.54, 1.807) is 12.1 Å². The van der Waals surface area contributed by atoms with E-state index in [1.165, 1.54) is 12.1 Å². The van der Waals surface area contributed by atoms with E-state index < -0.39 is 4.92 Å². The number of amides is 1. The van der Waals surface area contributed by atoms with Crippen molar-refractivity contribution < 1.29 is 9.72 Å². The van der Waals surface area contributed by atoms with Crippen molar-refractivity contribution >= 4 is 29.7 Å². The number of anilines is 1. The molecule has 0 aromatic heterocycles. The average Bonchev–Trinajstić information content (AvgIpc) is 2.40.